The van der Waals surface area contributed by atoms with E-state index in [1.165, 1.54) is 0 Å². The van der Waals surface area contributed by atoms with Gasteiger partial charge in [-0.05, 0) is 46.0 Å². The van der Waals surface area contributed by atoms with Crippen molar-refractivity contribution >= 4 is 5.97 Å². The van der Waals surface area contributed by atoms with Crippen molar-refractivity contribution < 1.29 is 29.2 Å². The van der Waals surface area contributed by atoms with E-state index in [2.05, 4.69) is 0 Å². The number of hydrogen-bond acceptors (Lipinski definition) is 6. The first kappa shape index (κ1) is 17.7. The van der Waals surface area contributed by atoms with Crippen LogP contribution in [0.15, 0.2) is 0 Å². The maximum atomic E-state index is 11.6. The van der Waals surface area contributed by atoms with E-state index >= 15 is 0 Å². The van der Waals surface area contributed by atoms with Crippen LogP contribution < -0.4 is 0 Å². The Morgan fingerprint density at radius 3 is 2.73 bits per heavy atom. The van der Waals surface area contributed by atoms with Crippen LogP contribution in [0.3, 0.4) is 0 Å². The van der Waals surface area contributed by atoms with Crippen molar-refractivity contribution in [2.75, 3.05) is 6.61 Å². The lowest BCUT2D eigenvalue weighted by atomic mass is 10.0. The Morgan fingerprint density at radius 2 is 2.05 bits per heavy atom. The van der Waals surface area contributed by atoms with Crippen LogP contribution in [-0.2, 0) is 19.0 Å². The van der Waals surface area contributed by atoms with Gasteiger partial charge in [0.1, 0.15) is 6.10 Å². The van der Waals surface area contributed by atoms with E-state index in [0.29, 0.717) is 12.5 Å². The number of carbonyl (C=O) groups is 1. The Labute approximate surface area is 131 Å². The molecule has 7 atom stereocenters. The van der Waals surface area contributed by atoms with Gasteiger partial charge in [-0.15, -0.1) is 0 Å². The van der Waals surface area contributed by atoms with Gasteiger partial charge in [0.15, 0.2) is 6.29 Å². The van der Waals surface area contributed by atoms with Crippen LogP contribution in [0.5, 0.6) is 0 Å². The molecule has 6 nitrogen and oxygen atoms in total. The van der Waals surface area contributed by atoms with Crippen molar-refractivity contribution in [1.82, 2.24) is 0 Å². The van der Waals surface area contributed by atoms with Crippen LogP contribution in [0.25, 0.3) is 0 Å². The second-order valence-electron chi connectivity index (χ2n) is 6.46. The lowest BCUT2D eigenvalue weighted by molar-refractivity contribution is -0.273. The van der Waals surface area contributed by atoms with Crippen LogP contribution in [0.2, 0.25) is 0 Å². The average molecular weight is 316 g/mol. The van der Waals surface area contributed by atoms with E-state index in [4.69, 9.17) is 14.2 Å². The minimum absolute atomic E-state index is 0.0545. The fraction of sp³-hybridized carbons (Fsp3) is 0.938. The van der Waals surface area contributed by atoms with Gasteiger partial charge in [0.05, 0.1) is 30.8 Å². The molecule has 1 aliphatic carbocycles. The molecule has 0 bridgehead atoms. The van der Waals surface area contributed by atoms with Crippen LogP contribution in [0.4, 0.5) is 0 Å². The van der Waals surface area contributed by atoms with Gasteiger partial charge in [-0.3, -0.25) is 4.79 Å². The molecule has 6 heteroatoms. The highest BCUT2D eigenvalue weighted by Gasteiger charge is 2.44. The number of aliphatic hydroxyl groups is 2. The number of rotatable bonds is 7. The van der Waals surface area contributed by atoms with E-state index in [-0.39, 0.29) is 30.5 Å². The molecule has 0 amide bonds. The summed E-state index contributed by atoms with van der Waals surface area (Å²) in [6, 6.07) is 0. The zero-order valence-electron chi connectivity index (χ0n) is 13.6. The predicted molar refractivity (Wildman–Crippen MR) is 79.0 cm³/mol. The molecule has 0 unspecified atom stereocenters. The molecule has 1 aliphatic heterocycles. The second kappa shape index (κ2) is 7.73. The van der Waals surface area contributed by atoms with E-state index in [1.807, 2.05) is 13.8 Å². The van der Waals surface area contributed by atoms with Gasteiger partial charge in [-0.2, -0.15) is 0 Å². The number of aliphatic hydroxyl groups excluding tert-OH is 2. The van der Waals surface area contributed by atoms with Crippen molar-refractivity contribution in [2.45, 2.75) is 77.2 Å². The Hall–Kier alpha value is -0.690. The molecular formula is C16H28O6. The molecule has 0 spiro atoms. The van der Waals surface area contributed by atoms with Crippen molar-refractivity contribution in [3.05, 3.63) is 0 Å². The second-order valence-corrected chi connectivity index (χ2v) is 6.46. The minimum atomic E-state index is -0.804. The van der Waals surface area contributed by atoms with Crippen molar-refractivity contribution in [3.63, 3.8) is 0 Å². The molecular weight excluding hydrogens is 288 g/mol. The molecule has 2 N–H and O–H groups in total. The van der Waals surface area contributed by atoms with Crippen molar-refractivity contribution in [2.24, 2.45) is 11.8 Å². The topological polar surface area (TPSA) is 85.2 Å². The highest BCUT2D eigenvalue weighted by atomic mass is 16.7. The van der Waals surface area contributed by atoms with Gasteiger partial charge < -0.3 is 24.4 Å². The molecule has 2 rings (SSSR count). The molecule has 2 fully saturated rings. The lowest BCUT2D eigenvalue weighted by Gasteiger charge is -2.36. The summed E-state index contributed by atoms with van der Waals surface area (Å²) in [5.41, 5.74) is 0. The van der Waals surface area contributed by atoms with Gasteiger partial charge in [0.2, 0.25) is 0 Å². The van der Waals surface area contributed by atoms with Crippen molar-refractivity contribution in [3.8, 4) is 0 Å². The first-order chi connectivity index (χ1) is 10.4. The highest BCUT2D eigenvalue weighted by Crippen LogP contribution is 2.43. The quantitative estimate of drug-likeness (QED) is 0.687. The van der Waals surface area contributed by atoms with Gasteiger partial charge in [-0.25, -0.2) is 0 Å². The lowest BCUT2D eigenvalue weighted by Crippen LogP contribution is -2.48. The third-order valence-electron chi connectivity index (χ3n) is 4.51. The summed E-state index contributed by atoms with van der Waals surface area (Å²) >= 11 is 0. The molecule has 1 heterocycles. The predicted octanol–water partition coefficient (Wildman–Crippen LogP) is 1.23. The first-order valence-corrected chi connectivity index (χ1v) is 8.26. The average Bonchev–Trinajstić information content (AvgIpc) is 3.22. The third-order valence-corrected chi connectivity index (χ3v) is 4.51. The maximum Gasteiger partial charge on any atom is 0.309 e. The fourth-order valence-corrected chi connectivity index (χ4v) is 2.92. The monoisotopic (exact) mass is 316 g/mol. The minimum Gasteiger partial charge on any atom is -0.466 e. The zero-order valence-corrected chi connectivity index (χ0v) is 13.6. The van der Waals surface area contributed by atoms with E-state index < -0.39 is 18.5 Å². The highest BCUT2D eigenvalue weighted by molar-refractivity contribution is 5.75. The summed E-state index contributed by atoms with van der Waals surface area (Å²) in [5.74, 6) is 0.358. The Bertz CT molecular complexity index is 374. The summed E-state index contributed by atoms with van der Waals surface area (Å²) in [6.07, 6.45) is 0.346. The molecule has 2 aliphatic rings. The van der Waals surface area contributed by atoms with Gasteiger partial charge in [-0.1, -0.05) is 0 Å². The molecule has 0 radical (unpaired) electrons. The van der Waals surface area contributed by atoms with Gasteiger partial charge in [0.25, 0.3) is 0 Å². The number of ether oxygens (including phenoxy) is 3. The summed E-state index contributed by atoms with van der Waals surface area (Å²) in [4.78, 5) is 11.6. The third kappa shape index (κ3) is 4.65. The zero-order chi connectivity index (χ0) is 16.3. The molecule has 0 aromatic heterocycles. The van der Waals surface area contributed by atoms with E-state index in [0.717, 1.165) is 19.3 Å². The molecule has 0 aromatic carbocycles. The SMILES string of the molecule is CCOC(=O)[C@@H]1C[C@H]1CC[C@@H](C)O[C@@H]1O[C@@H](C)[C@H](O)C[C@H]1O. The van der Waals surface area contributed by atoms with Crippen LogP contribution in [-0.4, -0.2) is 53.5 Å². The van der Waals surface area contributed by atoms with Crippen LogP contribution in [0, 0.1) is 11.8 Å². The van der Waals surface area contributed by atoms with Crippen molar-refractivity contribution in [1.29, 1.82) is 0 Å². The molecule has 128 valence electrons. The normalized spacial score (nSPS) is 39.3. The summed E-state index contributed by atoms with van der Waals surface area (Å²) in [6.45, 7) is 5.96. The Kier molecular flexibility index (Phi) is 6.20. The standard InChI is InChI=1S/C16H28O6/c1-4-20-15(19)12-7-11(12)6-5-9(2)21-16-14(18)8-13(17)10(3)22-16/h9-14,16-18H,4-8H2,1-3H3/t9-,10+,11-,12-,13-,14-,16-/m1/s1. The number of carbonyl (C=O) groups excluding carboxylic acids is 1. The summed E-state index contributed by atoms with van der Waals surface area (Å²) < 4.78 is 16.3. The number of esters is 1. The molecule has 22 heavy (non-hydrogen) atoms. The molecule has 1 saturated heterocycles. The Morgan fingerprint density at radius 1 is 1.32 bits per heavy atom. The molecule has 1 saturated carbocycles. The summed E-state index contributed by atoms with van der Waals surface area (Å²) in [7, 11) is 0. The van der Waals surface area contributed by atoms with Gasteiger partial charge in [0, 0.05) is 6.42 Å². The maximum absolute atomic E-state index is 11.6. The Balaban J connectivity index is 1.66. The summed E-state index contributed by atoms with van der Waals surface area (Å²) in [5, 5.41) is 19.5. The largest absolute Gasteiger partial charge is 0.466 e. The van der Waals surface area contributed by atoms with E-state index in [1.54, 1.807) is 6.92 Å². The fourth-order valence-electron chi connectivity index (χ4n) is 2.92. The molecule has 0 aromatic rings. The van der Waals surface area contributed by atoms with Gasteiger partial charge >= 0.3 is 5.97 Å². The van der Waals surface area contributed by atoms with E-state index in [9.17, 15) is 15.0 Å². The van der Waals surface area contributed by atoms with Crippen LogP contribution >= 0.6 is 0 Å². The number of hydrogen-bond donors (Lipinski definition) is 2. The first-order valence-electron chi connectivity index (χ1n) is 8.26. The van der Waals surface area contributed by atoms with Crippen LogP contribution in [0.1, 0.15) is 46.5 Å². The smallest absolute Gasteiger partial charge is 0.309 e.